The Bertz CT molecular complexity index is 449. The highest BCUT2D eigenvalue weighted by Gasteiger charge is 2.03. The quantitative estimate of drug-likeness (QED) is 0.418. The number of nitrogens with one attached hydrogen (secondary N) is 1. The van der Waals surface area contributed by atoms with Gasteiger partial charge in [-0.2, -0.15) is 0 Å². The summed E-state index contributed by atoms with van der Waals surface area (Å²) in [6, 6.07) is 4.91. The third-order valence-corrected chi connectivity index (χ3v) is 3.18. The summed E-state index contributed by atoms with van der Waals surface area (Å²) in [7, 11) is 1.55. The van der Waals surface area contributed by atoms with Crippen molar-refractivity contribution in [2.24, 2.45) is 10.7 Å². The lowest BCUT2D eigenvalue weighted by Crippen LogP contribution is -2.32. The van der Waals surface area contributed by atoms with E-state index in [1.165, 1.54) is 25.3 Å². The van der Waals surface area contributed by atoms with Crippen molar-refractivity contribution in [3.8, 4) is 0 Å². The standard InChI is InChI=1S/C16H26FN3O/c1-3-4-5-6-9-19-16(18)20-11-13-7-8-15(17)14(10-13)12-21-2/h7-8,10H,3-6,9,11-12H2,1-2H3,(H3,18,19,20). The number of unbranched alkanes of at least 4 members (excludes halogenated alkanes) is 3. The molecule has 0 aliphatic carbocycles. The molecule has 0 unspecified atom stereocenters. The van der Waals surface area contributed by atoms with Gasteiger partial charge in [-0.25, -0.2) is 9.38 Å². The molecule has 4 nitrogen and oxygen atoms in total. The molecule has 0 atom stereocenters. The van der Waals surface area contributed by atoms with Crippen molar-refractivity contribution in [3.05, 3.63) is 35.1 Å². The van der Waals surface area contributed by atoms with Gasteiger partial charge in [-0.15, -0.1) is 0 Å². The third kappa shape index (κ3) is 7.09. The lowest BCUT2D eigenvalue weighted by atomic mass is 10.1. The minimum atomic E-state index is -0.258. The summed E-state index contributed by atoms with van der Waals surface area (Å²) >= 11 is 0. The van der Waals surface area contributed by atoms with Crippen LogP contribution in [0.1, 0.15) is 43.7 Å². The van der Waals surface area contributed by atoms with Crippen LogP contribution in [0.4, 0.5) is 4.39 Å². The van der Waals surface area contributed by atoms with Crippen LogP contribution in [0.5, 0.6) is 0 Å². The summed E-state index contributed by atoms with van der Waals surface area (Å²) < 4.78 is 18.4. The molecule has 0 aliphatic heterocycles. The molecule has 0 fully saturated rings. The number of methoxy groups -OCH3 is 1. The number of rotatable bonds is 9. The average molecular weight is 295 g/mol. The molecule has 0 saturated heterocycles. The Kier molecular flexibility index (Phi) is 8.43. The fraction of sp³-hybridized carbons (Fsp3) is 0.562. The first-order chi connectivity index (χ1) is 10.2. The van der Waals surface area contributed by atoms with E-state index in [4.69, 9.17) is 10.5 Å². The Morgan fingerprint density at radius 2 is 2.14 bits per heavy atom. The summed E-state index contributed by atoms with van der Waals surface area (Å²) in [4.78, 5) is 4.26. The maximum atomic E-state index is 13.5. The topological polar surface area (TPSA) is 59.6 Å². The summed E-state index contributed by atoms with van der Waals surface area (Å²) in [5, 5.41) is 3.09. The highest BCUT2D eigenvalue weighted by molar-refractivity contribution is 5.77. The van der Waals surface area contributed by atoms with Gasteiger partial charge in [0.05, 0.1) is 13.2 Å². The van der Waals surface area contributed by atoms with E-state index in [-0.39, 0.29) is 12.4 Å². The van der Waals surface area contributed by atoms with Crippen molar-refractivity contribution >= 4 is 5.96 Å². The van der Waals surface area contributed by atoms with Crippen molar-refractivity contribution in [2.45, 2.75) is 45.8 Å². The molecule has 0 radical (unpaired) electrons. The predicted octanol–water partition coefficient (Wildman–Crippen LogP) is 2.96. The van der Waals surface area contributed by atoms with Crippen molar-refractivity contribution in [1.82, 2.24) is 5.32 Å². The number of nitrogens with two attached hydrogens (primary N) is 1. The second kappa shape index (κ2) is 10.2. The molecule has 0 heterocycles. The number of aliphatic imine (C=N–C) groups is 1. The molecule has 1 rings (SSSR count). The number of hydrogen-bond donors (Lipinski definition) is 2. The Balaban J connectivity index is 2.42. The SMILES string of the molecule is CCCCCCNC(N)=NCc1ccc(F)c(COC)c1. The monoisotopic (exact) mass is 295 g/mol. The number of nitrogens with zero attached hydrogens (tertiary/aromatic N) is 1. The lowest BCUT2D eigenvalue weighted by molar-refractivity contribution is 0.181. The molecule has 1 aromatic rings. The van der Waals surface area contributed by atoms with Crippen molar-refractivity contribution in [2.75, 3.05) is 13.7 Å². The second-order valence-electron chi connectivity index (χ2n) is 5.05. The lowest BCUT2D eigenvalue weighted by Gasteiger charge is -2.07. The summed E-state index contributed by atoms with van der Waals surface area (Å²) in [6.45, 7) is 3.72. The zero-order chi connectivity index (χ0) is 15.5. The maximum absolute atomic E-state index is 13.5. The van der Waals surface area contributed by atoms with Crippen LogP contribution in [0.25, 0.3) is 0 Å². The van der Waals surface area contributed by atoms with E-state index in [1.54, 1.807) is 19.2 Å². The zero-order valence-corrected chi connectivity index (χ0v) is 13.0. The van der Waals surface area contributed by atoms with Crippen LogP contribution >= 0.6 is 0 Å². The number of guanidine groups is 1. The van der Waals surface area contributed by atoms with Gasteiger partial charge >= 0.3 is 0 Å². The van der Waals surface area contributed by atoms with E-state index >= 15 is 0 Å². The van der Waals surface area contributed by atoms with Gasteiger partial charge in [0.2, 0.25) is 0 Å². The van der Waals surface area contributed by atoms with Crippen LogP contribution in [0, 0.1) is 5.82 Å². The largest absolute Gasteiger partial charge is 0.380 e. The fourth-order valence-corrected chi connectivity index (χ4v) is 1.99. The molecule has 118 valence electrons. The second-order valence-corrected chi connectivity index (χ2v) is 5.05. The van der Waals surface area contributed by atoms with Gasteiger partial charge in [-0.05, 0) is 24.1 Å². The van der Waals surface area contributed by atoms with Crippen LogP contribution in [0.15, 0.2) is 23.2 Å². The van der Waals surface area contributed by atoms with Gasteiger partial charge < -0.3 is 15.8 Å². The summed E-state index contributed by atoms with van der Waals surface area (Å²) in [6.07, 6.45) is 4.77. The van der Waals surface area contributed by atoms with Crippen LogP contribution in [-0.2, 0) is 17.9 Å². The molecular weight excluding hydrogens is 269 g/mol. The number of halogens is 1. The third-order valence-electron chi connectivity index (χ3n) is 3.18. The van der Waals surface area contributed by atoms with Gasteiger partial charge in [0.25, 0.3) is 0 Å². The smallest absolute Gasteiger partial charge is 0.188 e. The van der Waals surface area contributed by atoms with Gasteiger partial charge in [-0.1, -0.05) is 32.3 Å². The Morgan fingerprint density at radius 3 is 2.86 bits per heavy atom. The first-order valence-electron chi connectivity index (χ1n) is 7.47. The molecule has 5 heteroatoms. The molecule has 0 spiro atoms. The molecule has 0 aliphatic rings. The van der Waals surface area contributed by atoms with E-state index in [2.05, 4.69) is 17.2 Å². The Labute approximate surface area is 126 Å². The Morgan fingerprint density at radius 1 is 1.33 bits per heavy atom. The number of benzene rings is 1. The molecule has 0 bridgehead atoms. The molecule has 0 aromatic heterocycles. The van der Waals surface area contributed by atoms with Gasteiger partial charge in [0.1, 0.15) is 5.82 Å². The van der Waals surface area contributed by atoms with Crippen molar-refractivity contribution < 1.29 is 9.13 Å². The predicted molar refractivity (Wildman–Crippen MR) is 84.6 cm³/mol. The van der Waals surface area contributed by atoms with Gasteiger partial charge in [0, 0.05) is 19.2 Å². The minimum absolute atomic E-state index is 0.258. The average Bonchev–Trinajstić information content (AvgIpc) is 2.48. The molecular formula is C16H26FN3O. The Hall–Kier alpha value is -1.62. The van der Waals surface area contributed by atoms with E-state index in [0.29, 0.717) is 18.1 Å². The van der Waals surface area contributed by atoms with E-state index in [1.807, 2.05) is 0 Å². The first-order valence-corrected chi connectivity index (χ1v) is 7.47. The fourth-order valence-electron chi connectivity index (χ4n) is 1.99. The van der Waals surface area contributed by atoms with E-state index in [0.717, 1.165) is 18.5 Å². The normalized spacial score (nSPS) is 11.7. The minimum Gasteiger partial charge on any atom is -0.380 e. The van der Waals surface area contributed by atoms with Crippen LogP contribution < -0.4 is 11.1 Å². The molecule has 21 heavy (non-hydrogen) atoms. The van der Waals surface area contributed by atoms with Crippen LogP contribution in [-0.4, -0.2) is 19.6 Å². The van der Waals surface area contributed by atoms with E-state index in [9.17, 15) is 4.39 Å². The van der Waals surface area contributed by atoms with Crippen molar-refractivity contribution in [3.63, 3.8) is 0 Å². The number of hydrogen-bond acceptors (Lipinski definition) is 2. The molecule has 0 saturated carbocycles. The molecule has 3 N–H and O–H groups in total. The van der Waals surface area contributed by atoms with E-state index < -0.39 is 0 Å². The van der Waals surface area contributed by atoms with Crippen LogP contribution in [0.3, 0.4) is 0 Å². The maximum Gasteiger partial charge on any atom is 0.188 e. The highest BCUT2D eigenvalue weighted by Crippen LogP contribution is 2.12. The summed E-state index contributed by atoms with van der Waals surface area (Å²) in [5.74, 6) is 0.177. The number of ether oxygens (including phenoxy) is 1. The highest BCUT2D eigenvalue weighted by atomic mass is 19.1. The molecule has 1 aromatic carbocycles. The first kappa shape index (κ1) is 17.4. The van der Waals surface area contributed by atoms with Crippen molar-refractivity contribution in [1.29, 1.82) is 0 Å². The van der Waals surface area contributed by atoms with Gasteiger partial charge in [0.15, 0.2) is 5.96 Å². The molecule has 0 amide bonds. The van der Waals surface area contributed by atoms with Crippen LogP contribution in [0.2, 0.25) is 0 Å². The zero-order valence-electron chi connectivity index (χ0n) is 13.0. The summed E-state index contributed by atoms with van der Waals surface area (Å²) in [5.41, 5.74) is 7.26. The van der Waals surface area contributed by atoms with Gasteiger partial charge in [-0.3, -0.25) is 0 Å².